The number of benzene rings is 1. The Morgan fingerprint density at radius 3 is 2.38 bits per heavy atom. The van der Waals surface area contributed by atoms with Crippen LogP contribution in [0.3, 0.4) is 0 Å². The first-order valence-corrected chi connectivity index (χ1v) is 9.31. The summed E-state index contributed by atoms with van der Waals surface area (Å²) >= 11 is 0. The first-order chi connectivity index (χ1) is 11.3. The Morgan fingerprint density at radius 2 is 1.83 bits per heavy atom. The third-order valence-corrected chi connectivity index (χ3v) is 4.31. The quantitative estimate of drug-likeness (QED) is 0.503. The summed E-state index contributed by atoms with van der Waals surface area (Å²) in [6, 6.07) is 4.19. The van der Waals surface area contributed by atoms with Crippen molar-refractivity contribution in [2.24, 2.45) is 11.3 Å². The van der Waals surface area contributed by atoms with Crippen molar-refractivity contribution in [3.63, 3.8) is 0 Å². The first-order valence-electron chi connectivity index (χ1n) is 9.31. The van der Waals surface area contributed by atoms with Gasteiger partial charge in [-0.3, -0.25) is 0 Å². The predicted octanol–water partition coefficient (Wildman–Crippen LogP) is 6.66. The Morgan fingerprint density at radius 1 is 1.12 bits per heavy atom. The van der Waals surface area contributed by atoms with E-state index in [1.807, 2.05) is 0 Å². The van der Waals surface area contributed by atoms with Crippen LogP contribution >= 0.6 is 0 Å². The summed E-state index contributed by atoms with van der Waals surface area (Å²) in [7, 11) is 1.72. The van der Waals surface area contributed by atoms with Crippen LogP contribution in [0, 0.1) is 18.3 Å². The fourth-order valence-corrected chi connectivity index (χ4v) is 2.59. The van der Waals surface area contributed by atoms with Gasteiger partial charge in [0.25, 0.3) is 0 Å². The van der Waals surface area contributed by atoms with E-state index in [1.54, 1.807) is 7.11 Å². The Bertz CT molecular complexity index is 524. The van der Waals surface area contributed by atoms with Crippen molar-refractivity contribution in [1.29, 1.82) is 0 Å². The molecule has 0 N–H and O–H groups in total. The highest BCUT2D eigenvalue weighted by molar-refractivity contribution is 5.62. The average Bonchev–Trinajstić information content (AvgIpc) is 2.53. The van der Waals surface area contributed by atoms with E-state index < -0.39 is 0 Å². The number of unbranched alkanes of at least 4 members (excludes halogenated alkanes) is 1. The molecule has 0 fully saturated rings. The van der Waals surface area contributed by atoms with Crippen molar-refractivity contribution < 1.29 is 9.47 Å². The second kappa shape index (κ2) is 9.76. The molecular weight excluding hydrogens is 296 g/mol. The van der Waals surface area contributed by atoms with Crippen LogP contribution in [-0.2, 0) is 0 Å². The number of methoxy groups -OCH3 is 1. The maximum atomic E-state index is 6.17. The minimum atomic E-state index is 0.143. The normalized spacial score (nSPS) is 13.3. The monoisotopic (exact) mass is 332 g/mol. The van der Waals surface area contributed by atoms with Crippen LogP contribution in [-0.4, -0.2) is 13.7 Å². The second-order valence-corrected chi connectivity index (χ2v) is 7.79. The lowest BCUT2D eigenvalue weighted by atomic mass is 9.95. The van der Waals surface area contributed by atoms with Gasteiger partial charge in [0.2, 0.25) is 0 Å². The minimum Gasteiger partial charge on any atom is -0.496 e. The van der Waals surface area contributed by atoms with E-state index in [1.165, 1.54) is 25.7 Å². The van der Waals surface area contributed by atoms with Gasteiger partial charge in [0.15, 0.2) is 0 Å². The fourth-order valence-electron chi connectivity index (χ4n) is 2.59. The van der Waals surface area contributed by atoms with E-state index in [2.05, 4.69) is 65.8 Å². The summed E-state index contributed by atoms with van der Waals surface area (Å²) < 4.78 is 11.7. The lowest BCUT2D eigenvalue weighted by Gasteiger charge is -2.18. The molecule has 2 nitrogen and oxygen atoms in total. The molecule has 0 aliphatic carbocycles. The molecule has 0 radical (unpaired) electrons. The zero-order valence-electron chi connectivity index (χ0n) is 16.7. The highest BCUT2D eigenvalue weighted by Crippen LogP contribution is 2.31. The van der Waals surface area contributed by atoms with Gasteiger partial charge in [0.05, 0.1) is 13.7 Å². The maximum Gasteiger partial charge on any atom is 0.126 e. The largest absolute Gasteiger partial charge is 0.496 e. The number of rotatable bonds is 9. The van der Waals surface area contributed by atoms with Gasteiger partial charge < -0.3 is 9.47 Å². The zero-order valence-corrected chi connectivity index (χ0v) is 16.7. The van der Waals surface area contributed by atoms with Crippen molar-refractivity contribution in [3.05, 3.63) is 29.3 Å². The Hall–Kier alpha value is -1.44. The molecule has 2 heteroatoms. The molecule has 1 rings (SSSR count). The number of hydrogen-bond donors (Lipinski definition) is 0. The molecule has 0 spiro atoms. The highest BCUT2D eigenvalue weighted by Gasteiger charge is 2.12. The Labute approximate surface area is 149 Å². The van der Waals surface area contributed by atoms with Gasteiger partial charge in [-0.2, -0.15) is 0 Å². The lowest BCUT2D eigenvalue weighted by molar-refractivity contribution is 0.232. The summed E-state index contributed by atoms with van der Waals surface area (Å²) in [5.41, 5.74) is 2.35. The fraction of sp³-hybridized carbons (Fsp3) is 0.636. The molecule has 0 bridgehead atoms. The van der Waals surface area contributed by atoms with Gasteiger partial charge in [0.1, 0.15) is 11.5 Å². The molecule has 0 saturated heterocycles. The number of aryl methyl sites for hydroxylation is 1. The van der Waals surface area contributed by atoms with Crippen LogP contribution in [0.25, 0.3) is 6.08 Å². The molecule has 1 atom stereocenters. The Balaban J connectivity index is 2.92. The minimum absolute atomic E-state index is 0.143. The van der Waals surface area contributed by atoms with Crippen molar-refractivity contribution in [1.82, 2.24) is 0 Å². The van der Waals surface area contributed by atoms with Crippen LogP contribution in [0.4, 0.5) is 0 Å². The van der Waals surface area contributed by atoms with E-state index >= 15 is 0 Å². The lowest BCUT2D eigenvalue weighted by Crippen LogP contribution is -2.12. The Kier molecular flexibility index (Phi) is 8.38. The van der Waals surface area contributed by atoms with Crippen LogP contribution in [0.1, 0.15) is 71.4 Å². The van der Waals surface area contributed by atoms with E-state index in [9.17, 15) is 0 Å². The molecular formula is C22H36O2. The number of allylic oxidation sites excluding steroid dienone is 1. The van der Waals surface area contributed by atoms with Gasteiger partial charge in [0, 0.05) is 5.56 Å². The van der Waals surface area contributed by atoms with Crippen molar-refractivity contribution in [3.8, 4) is 11.5 Å². The first kappa shape index (κ1) is 20.6. The van der Waals surface area contributed by atoms with Gasteiger partial charge >= 0.3 is 0 Å². The molecule has 0 saturated carbocycles. The third-order valence-electron chi connectivity index (χ3n) is 4.31. The van der Waals surface area contributed by atoms with Crippen LogP contribution in [0.15, 0.2) is 18.2 Å². The van der Waals surface area contributed by atoms with Crippen LogP contribution < -0.4 is 9.47 Å². The molecule has 0 aliphatic heterocycles. The predicted molar refractivity (Wildman–Crippen MR) is 105 cm³/mol. The zero-order chi connectivity index (χ0) is 18.2. The summed E-state index contributed by atoms with van der Waals surface area (Å²) in [4.78, 5) is 0. The van der Waals surface area contributed by atoms with E-state index in [0.29, 0.717) is 5.92 Å². The summed E-state index contributed by atoms with van der Waals surface area (Å²) in [6.45, 7) is 14.0. The SMILES string of the molecule is CCCCC(CC)COc1cc(/C=C/C(C)(C)C)c(OC)cc1C. The molecule has 0 amide bonds. The van der Waals surface area contributed by atoms with Crippen molar-refractivity contribution in [2.75, 3.05) is 13.7 Å². The summed E-state index contributed by atoms with van der Waals surface area (Å²) in [6.07, 6.45) is 9.30. The van der Waals surface area contributed by atoms with E-state index in [0.717, 1.165) is 29.2 Å². The summed E-state index contributed by atoms with van der Waals surface area (Å²) in [5.74, 6) is 2.51. The standard InChI is InChI=1S/C22H36O2/c1-8-10-11-18(9-2)16-24-20-15-19(12-13-22(4,5)6)21(23-7)14-17(20)3/h12-15,18H,8-11,16H2,1-7H3/b13-12+. The van der Waals surface area contributed by atoms with Gasteiger partial charge in [-0.15, -0.1) is 0 Å². The summed E-state index contributed by atoms with van der Waals surface area (Å²) in [5, 5.41) is 0. The van der Waals surface area contributed by atoms with Crippen LogP contribution in [0.5, 0.6) is 11.5 Å². The molecule has 0 aromatic heterocycles. The average molecular weight is 333 g/mol. The van der Waals surface area contributed by atoms with Crippen molar-refractivity contribution in [2.45, 2.75) is 67.2 Å². The van der Waals surface area contributed by atoms with E-state index in [-0.39, 0.29) is 5.41 Å². The molecule has 1 unspecified atom stereocenters. The van der Waals surface area contributed by atoms with Crippen LogP contribution in [0.2, 0.25) is 0 Å². The van der Waals surface area contributed by atoms with Gasteiger partial charge in [-0.25, -0.2) is 0 Å². The number of ether oxygens (including phenoxy) is 2. The second-order valence-electron chi connectivity index (χ2n) is 7.79. The van der Waals surface area contributed by atoms with Gasteiger partial charge in [-0.1, -0.05) is 66.0 Å². The molecule has 1 aromatic carbocycles. The van der Waals surface area contributed by atoms with E-state index in [4.69, 9.17) is 9.47 Å². The maximum absolute atomic E-state index is 6.17. The van der Waals surface area contributed by atoms with Crippen molar-refractivity contribution >= 4 is 6.08 Å². The molecule has 24 heavy (non-hydrogen) atoms. The topological polar surface area (TPSA) is 18.5 Å². The molecule has 1 aromatic rings. The molecule has 0 aliphatic rings. The highest BCUT2D eigenvalue weighted by atomic mass is 16.5. The molecule has 136 valence electrons. The molecule has 0 heterocycles. The smallest absolute Gasteiger partial charge is 0.126 e. The number of hydrogen-bond acceptors (Lipinski definition) is 2. The van der Waals surface area contributed by atoms with Gasteiger partial charge in [-0.05, 0) is 42.4 Å². The third kappa shape index (κ3) is 6.98.